The van der Waals surface area contributed by atoms with Crippen molar-refractivity contribution in [1.29, 1.82) is 0 Å². The van der Waals surface area contributed by atoms with Gasteiger partial charge in [-0.15, -0.1) is 0 Å². The van der Waals surface area contributed by atoms with Crippen molar-refractivity contribution in [2.24, 2.45) is 0 Å². The smallest absolute Gasteiger partial charge is 0.267 e. The normalized spacial score (nSPS) is 17.3. The molecule has 26 heavy (non-hydrogen) atoms. The van der Waals surface area contributed by atoms with Crippen molar-refractivity contribution >= 4 is 29.1 Å². The molecule has 0 saturated carbocycles. The van der Waals surface area contributed by atoms with E-state index in [4.69, 9.17) is 16.3 Å². The molecule has 1 aliphatic rings. The zero-order valence-corrected chi connectivity index (χ0v) is 15.5. The third kappa shape index (κ3) is 3.99. The zero-order valence-electron chi connectivity index (χ0n) is 14.7. The summed E-state index contributed by atoms with van der Waals surface area (Å²) in [5.41, 5.74) is 1.64. The van der Waals surface area contributed by atoms with Crippen LogP contribution in [0.1, 0.15) is 31.9 Å². The van der Waals surface area contributed by atoms with Crippen LogP contribution in [0.3, 0.4) is 0 Å². The van der Waals surface area contributed by atoms with Gasteiger partial charge in [-0.1, -0.05) is 35.9 Å². The number of carbonyl (C=O) groups excluding carboxylic acids is 2. The van der Waals surface area contributed by atoms with Crippen LogP contribution in [0.4, 0.5) is 5.69 Å². The number of hydrogen-bond donors (Lipinski definition) is 1. The molecule has 0 fully saturated rings. The standard InChI is InChI=1S/C20H21ClN2O3/c1-13(15-6-5-7-16(21)12-15)22-19(24)10-11-23-17-8-3-4-9-18(17)26-14(2)20(23)25/h3-9,12-14H,10-11H2,1-2H3,(H,22,24)/t13-,14-/m0/s1. The molecule has 2 aromatic carbocycles. The summed E-state index contributed by atoms with van der Waals surface area (Å²) in [5, 5.41) is 3.58. The lowest BCUT2D eigenvalue weighted by Crippen LogP contribution is -2.45. The van der Waals surface area contributed by atoms with Crippen LogP contribution in [0, 0.1) is 0 Å². The number of carbonyl (C=O) groups is 2. The van der Waals surface area contributed by atoms with Gasteiger partial charge in [0.05, 0.1) is 11.7 Å². The van der Waals surface area contributed by atoms with Crippen molar-refractivity contribution in [2.75, 3.05) is 11.4 Å². The van der Waals surface area contributed by atoms with Crippen molar-refractivity contribution < 1.29 is 14.3 Å². The van der Waals surface area contributed by atoms with E-state index in [0.717, 1.165) is 5.56 Å². The van der Waals surface area contributed by atoms with Gasteiger partial charge in [0, 0.05) is 18.0 Å². The Morgan fingerprint density at radius 2 is 2.04 bits per heavy atom. The highest BCUT2D eigenvalue weighted by molar-refractivity contribution is 6.30. The summed E-state index contributed by atoms with van der Waals surface area (Å²) in [6.07, 6.45) is -0.351. The second kappa shape index (κ2) is 7.79. The second-order valence-electron chi connectivity index (χ2n) is 6.31. The third-order valence-corrected chi connectivity index (χ3v) is 4.60. The second-order valence-corrected chi connectivity index (χ2v) is 6.75. The van der Waals surface area contributed by atoms with Crippen LogP contribution < -0.4 is 15.0 Å². The molecule has 2 aromatic rings. The Hall–Kier alpha value is -2.53. The van der Waals surface area contributed by atoms with E-state index < -0.39 is 6.10 Å². The van der Waals surface area contributed by atoms with Crippen LogP contribution in [0.2, 0.25) is 5.02 Å². The van der Waals surface area contributed by atoms with Crippen LogP contribution in [-0.4, -0.2) is 24.5 Å². The number of nitrogens with one attached hydrogen (secondary N) is 1. The lowest BCUT2D eigenvalue weighted by Gasteiger charge is -2.32. The van der Waals surface area contributed by atoms with Crippen LogP contribution >= 0.6 is 11.6 Å². The van der Waals surface area contributed by atoms with Gasteiger partial charge in [0.2, 0.25) is 5.91 Å². The molecule has 0 radical (unpaired) electrons. The van der Waals surface area contributed by atoms with Gasteiger partial charge in [0.25, 0.3) is 5.91 Å². The summed E-state index contributed by atoms with van der Waals surface area (Å²) in [6, 6.07) is 14.6. The van der Waals surface area contributed by atoms with Gasteiger partial charge in [0.15, 0.2) is 6.10 Å². The highest BCUT2D eigenvalue weighted by Crippen LogP contribution is 2.33. The first-order chi connectivity index (χ1) is 12.5. The summed E-state index contributed by atoms with van der Waals surface area (Å²) in [6.45, 7) is 3.92. The molecular weight excluding hydrogens is 352 g/mol. The molecule has 6 heteroatoms. The minimum atomic E-state index is -0.557. The largest absolute Gasteiger partial charge is 0.479 e. The molecule has 0 aromatic heterocycles. The fourth-order valence-electron chi connectivity index (χ4n) is 2.98. The fraction of sp³-hybridized carbons (Fsp3) is 0.300. The van der Waals surface area contributed by atoms with E-state index in [0.29, 0.717) is 23.0 Å². The van der Waals surface area contributed by atoms with Crippen molar-refractivity contribution in [3.05, 3.63) is 59.1 Å². The Kier molecular flexibility index (Phi) is 5.47. The van der Waals surface area contributed by atoms with E-state index in [1.807, 2.05) is 49.4 Å². The molecule has 0 saturated heterocycles. The quantitative estimate of drug-likeness (QED) is 0.870. The number of nitrogens with zero attached hydrogens (tertiary/aromatic N) is 1. The molecule has 1 aliphatic heterocycles. The Bertz CT molecular complexity index is 824. The Morgan fingerprint density at radius 1 is 1.27 bits per heavy atom. The number of benzene rings is 2. The minimum absolute atomic E-state index is 0.123. The summed E-state index contributed by atoms with van der Waals surface area (Å²) >= 11 is 6.00. The van der Waals surface area contributed by atoms with Gasteiger partial charge in [0.1, 0.15) is 5.75 Å². The lowest BCUT2D eigenvalue weighted by atomic mass is 10.1. The molecule has 5 nitrogen and oxygen atoms in total. The van der Waals surface area contributed by atoms with E-state index >= 15 is 0 Å². The molecule has 2 atom stereocenters. The number of halogens is 1. The number of fused-ring (bicyclic) bond motifs is 1. The average Bonchev–Trinajstić information content (AvgIpc) is 2.62. The maximum Gasteiger partial charge on any atom is 0.267 e. The number of rotatable bonds is 5. The van der Waals surface area contributed by atoms with Crippen molar-refractivity contribution in [2.45, 2.75) is 32.4 Å². The lowest BCUT2D eigenvalue weighted by molar-refractivity contribution is -0.125. The number of para-hydroxylation sites is 2. The number of ether oxygens (including phenoxy) is 1. The summed E-state index contributed by atoms with van der Waals surface area (Å²) in [4.78, 5) is 26.4. The summed E-state index contributed by atoms with van der Waals surface area (Å²) in [7, 11) is 0. The fourth-order valence-corrected chi connectivity index (χ4v) is 3.17. The molecule has 0 aliphatic carbocycles. The van der Waals surface area contributed by atoms with Gasteiger partial charge in [-0.3, -0.25) is 9.59 Å². The van der Waals surface area contributed by atoms with Crippen LogP contribution in [0.15, 0.2) is 48.5 Å². The predicted molar refractivity (Wildman–Crippen MR) is 102 cm³/mol. The average molecular weight is 373 g/mol. The first-order valence-corrected chi connectivity index (χ1v) is 8.95. The molecule has 136 valence electrons. The summed E-state index contributed by atoms with van der Waals surface area (Å²) < 4.78 is 5.61. The monoisotopic (exact) mass is 372 g/mol. The van der Waals surface area contributed by atoms with E-state index in [2.05, 4.69) is 5.32 Å². The first-order valence-electron chi connectivity index (χ1n) is 8.57. The van der Waals surface area contributed by atoms with Crippen LogP contribution in [0.5, 0.6) is 5.75 Å². The van der Waals surface area contributed by atoms with Gasteiger partial charge in [-0.25, -0.2) is 0 Å². The van der Waals surface area contributed by atoms with Gasteiger partial charge in [-0.2, -0.15) is 0 Å². The van der Waals surface area contributed by atoms with E-state index in [9.17, 15) is 9.59 Å². The molecule has 0 unspecified atom stereocenters. The molecule has 0 spiro atoms. The maximum absolute atomic E-state index is 12.4. The Labute approximate surface area is 157 Å². The summed E-state index contributed by atoms with van der Waals surface area (Å²) in [5.74, 6) is 0.397. The van der Waals surface area contributed by atoms with E-state index in [-0.39, 0.29) is 24.3 Å². The van der Waals surface area contributed by atoms with E-state index in [1.165, 1.54) is 0 Å². The van der Waals surface area contributed by atoms with Crippen LogP contribution in [-0.2, 0) is 9.59 Å². The highest BCUT2D eigenvalue weighted by atomic mass is 35.5. The number of amides is 2. The number of anilines is 1. The molecule has 3 rings (SSSR count). The minimum Gasteiger partial charge on any atom is -0.479 e. The number of hydrogen-bond acceptors (Lipinski definition) is 3. The Balaban J connectivity index is 1.63. The topological polar surface area (TPSA) is 58.6 Å². The Morgan fingerprint density at radius 3 is 2.81 bits per heavy atom. The molecule has 0 bridgehead atoms. The molecule has 2 amide bonds. The predicted octanol–water partition coefficient (Wildman–Crippen LogP) is 3.72. The van der Waals surface area contributed by atoms with E-state index in [1.54, 1.807) is 17.9 Å². The van der Waals surface area contributed by atoms with Crippen molar-refractivity contribution in [3.8, 4) is 5.75 Å². The first kappa shape index (κ1) is 18.3. The third-order valence-electron chi connectivity index (χ3n) is 4.36. The van der Waals surface area contributed by atoms with Crippen molar-refractivity contribution in [3.63, 3.8) is 0 Å². The maximum atomic E-state index is 12.4. The highest BCUT2D eigenvalue weighted by Gasteiger charge is 2.31. The molecule has 1 N–H and O–H groups in total. The van der Waals surface area contributed by atoms with Crippen LogP contribution in [0.25, 0.3) is 0 Å². The van der Waals surface area contributed by atoms with Gasteiger partial charge in [-0.05, 0) is 43.7 Å². The van der Waals surface area contributed by atoms with Gasteiger partial charge >= 0.3 is 0 Å². The molecule has 1 heterocycles. The zero-order chi connectivity index (χ0) is 18.7. The SMILES string of the molecule is C[C@@H]1Oc2ccccc2N(CCC(=O)N[C@@H](C)c2cccc(Cl)c2)C1=O. The van der Waals surface area contributed by atoms with Gasteiger partial charge < -0.3 is 15.0 Å². The van der Waals surface area contributed by atoms with Crippen molar-refractivity contribution in [1.82, 2.24) is 5.32 Å². The molecular formula is C20H21ClN2O3.